The second-order valence-electron chi connectivity index (χ2n) is 3.87. The lowest BCUT2D eigenvalue weighted by atomic mass is 10.2. The number of nitrogens with zero attached hydrogens (tertiary/aromatic N) is 2. The van der Waals surface area contributed by atoms with Crippen LogP contribution in [-0.2, 0) is 13.6 Å². The van der Waals surface area contributed by atoms with Gasteiger partial charge >= 0.3 is 5.69 Å². The number of hydrogen-bond acceptors (Lipinski definition) is 2. The van der Waals surface area contributed by atoms with E-state index in [-0.39, 0.29) is 12.1 Å². The Kier molecular flexibility index (Phi) is 3.59. The lowest BCUT2D eigenvalue weighted by Crippen LogP contribution is -2.38. The molecular formula is C12H10Cl2N2O2. The van der Waals surface area contributed by atoms with Crippen LogP contribution in [0.5, 0.6) is 0 Å². The van der Waals surface area contributed by atoms with Crippen molar-refractivity contribution in [3.8, 4) is 0 Å². The molecule has 94 valence electrons. The highest BCUT2D eigenvalue weighted by Crippen LogP contribution is 2.20. The van der Waals surface area contributed by atoms with E-state index < -0.39 is 5.69 Å². The lowest BCUT2D eigenvalue weighted by Gasteiger charge is -2.08. The van der Waals surface area contributed by atoms with E-state index in [0.717, 1.165) is 4.57 Å². The molecule has 0 atom stereocenters. The van der Waals surface area contributed by atoms with Gasteiger partial charge in [0.25, 0.3) is 5.56 Å². The molecule has 0 aliphatic rings. The summed E-state index contributed by atoms with van der Waals surface area (Å²) in [5.41, 5.74) is -0.123. The van der Waals surface area contributed by atoms with Crippen LogP contribution in [0.2, 0.25) is 10.0 Å². The summed E-state index contributed by atoms with van der Waals surface area (Å²) in [6, 6.07) is 6.26. The Labute approximate surface area is 113 Å². The monoisotopic (exact) mass is 284 g/mol. The lowest BCUT2D eigenvalue weighted by molar-refractivity contribution is 0.639. The van der Waals surface area contributed by atoms with E-state index in [1.165, 1.54) is 16.8 Å². The van der Waals surface area contributed by atoms with Crippen molar-refractivity contribution in [2.75, 3.05) is 0 Å². The van der Waals surface area contributed by atoms with Gasteiger partial charge in [-0.2, -0.15) is 0 Å². The maximum Gasteiger partial charge on any atom is 0.331 e. The van der Waals surface area contributed by atoms with Crippen LogP contribution in [0.4, 0.5) is 0 Å². The first-order valence-electron chi connectivity index (χ1n) is 5.19. The minimum Gasteiger partial charge on any atom is -0.303 e. The third-order valence-electron chi connectivity index (χ3n) is 2.58. The molecule has 1 aromatic carbocycles. The summed E-state index contributed by atoms with van der Waals surface area (Å²) in [5, 5.41) is 0.979. The summed E-state index contributed by atoms with van der Waals surface area (Å²) >= 11 is 11.9. The van der Waals surface area contributed by atoms with E-state index in [1.807, 2.05) is 0 Å². The van der Waals surface area contributed by atoms with Crippen molar-refractivity contribution >= 4 is 23.2 Å². The molecule has 4 nitrogen and oxygen atoms in total. The topological polar surface area (TPSA) is 44.0 Å². The molecule has 0 fully saturated rings. The van der Waals surface area contributed by atoms with E-state index in [1.54, 1.807) is 25.2 Å². The first kappa shape index (κ1) is 12.9. The molecule has 0 spiro atoms. The van der Waals surface area contributed by atoms with Crippen LogP contribution < -0.4 is 11.2 Å². The predicted molar refractivity (Wildman–Crippen MR) is 71.5 cm³/mol. The van der Waals surface area contributed by atoms with Crippen molar-refractivity contribution < 1.29 is 0 Å². The molecule has 6 heteroatoms. The van der Waals surface area contributed by atoms with Crippen LogP contribution in [0.25, 0.3) is 0 Å². The maximum atomic E-state index is 11.8. The number of benzene rings is 1. The Bertz CT molecular complexity index is 704. The zero-order chi connectivity index (χ0) is 13.3. The molecule has 0 N–H and O–H groups in total. The predicted octanol–water partition coefficient (Wildman–Crippen LogP) is 1.90. The number of aromatic nitrogens is 2. The average molecular weight is 285 g/mol. The van der Waals surface area contributed by atoms with Crippen LogP contribution in [0.15, 0.2) is 40.1 Å². The zero-order valence-corrected chi connectivity index (χ0v) is 11.1. The Morgan fingerprint density at radius 3 is 2.61 bits per heavy atom. The molecule has 18 heavy (non-hydrogen) atoms. The van der Waals surface area contributed by atoms with Gasteiger partial charge < -0.3 is 4.57 Å². The van der Waals surface area contributed by atoms with E-state index in [4.69, 9.17) is 23.2 Å². The summed E-state index contributed by atoms with van der Waals surface area (Å²) in [5.74, 6) is 0. The van der Waals surface area contributed by atoms with Crippen molar-refractivity contribution in [3.63, 3.8) is 0 Å². The number of hydrogen-bond donors (Lipinski definition) is 0. The summed E-state index contributed by atoms with van der Waals surface area (Å²) in [6.07, 6.45) is 1.43. The van der Waals surface area contributed by atoms with Gasteiger partial charge in [0, 0.05) is 29.4 Å². The number of rotatable bonds is 2. The number of halogens is 2. The highest BCUT2D eigenvalue weighted by Gasteiger charge is 2.07. The normalized spacial score (nSPS) is 10.6. The van der Waals surface area contributed by atoms with Gasteiger partial charge in [0.15, 0.2) is 0 Å². The fraction of sp³-hybridized carbons (Fsp3) is 0.167. The SMILES string of the molecule is Cn1ccc(=O)n(Cc2cc(Cl)ccc2Cl)c1=O. The molecule has 0 aliphatic carbocycles. The summed E-state index contributed by atoms with van der Waals surface area (Å²) < 4.78 is 2.44. The third kappa shape index (κ3) is 2.49. The highest BCUT2D eigenvalue weighted by atomic mass is 35.5. The molecular weight excluding hydrogens is 275 g/mol. The van der Waals surface area contributed by atoms with E-state index in [9.17, 15) is 9.59 Å². The molecule has 0 unspecified atom stereocenters. The summed E-state index contributed by atoms with van der Waals surface area (Å²) in [6.45, 7) is 0.103. The quantitative estimate of drug-likeness (QED) is 0.846. The van der Waals surface area contributed by atoms with Gasteiger partial charge in [-0.1, -0.05) is 23.2 Å². The Hall–Kier alpha value is -1.52. The minimum atomic E-state index is -0.390. The molecule has 0 radical (unpaired) electrons. The van der Waals surface area contributed by atoms with Crippen LogP contribution in [0.1, 0.15) is 5.56 Å². The summed E-state index contributed by atoms with van der Waals surface area (Å²) in [4.78, 5) is 23.5. The number of aryl methyl sites for hydroxylation is 1. The largest absolute Gasteiger partial charge is 0.331 e. The van der Waals surface area contributed by atoms with Crippen molar-refractivity contribution in [1.82, 2.24) is 9.13 Å². The van der Waals surface area contributed by atoms with Crippen LogP contribution >= 0.6 is 23.2 Å². The van der Waals surface area contributed by atoms with Gasteiger partial charge in [-0.3, -0.25) is 9.36 Å². The first-order chi connectivity index (χ1) is 8.49. The molecule has 2 rings (SSSR count). The van der Waals surface area contributed by atoms with E-state index in [0.29, 0.717) is 15.6 Å². The van der Waals surface area contributed by atoms with Crippen molar-refractivity contribution in [2.24, 2.45) is 7.05 Å². The van der Waals surface area contributed by atoms with Crippen molar-refractivity contribution in [1.29, 1.82) is 0 Å². The van der Waals surface area contributed by atoms with Gasteiger partial charge in [-0.25, -0.2) is 4.79 Å². The van der Waals surface area contributed by atoms with E-state index >= 15 is 0 Å². The molecule has 2 aromatic rings. The minimum absolute atomic E-state index is 0.103. The van der Waals surface area contributed by atoms with Gasteiger partial charge in [-0.15, -0.1) is 0 Å². The van der Waals surface area contributed by atoms with Gasteiger partial charge in [0.05, 0.1) is 6.54 Å². The highest BCUT2D eigenvalue weighted by molar-refractivity contribution is 6.33. The third-order valence-corrected chi connectivity index (χ3v) is 3.18. The molecule has 0 saturated carbocycles. The fourth-order valence-electron chi connectivity index (χ4n) is 1.59. The Morgan fingerprint density at radius 2 is 1.89 bits per heavy atom. The Balaban J connectivity index is 2.53. The smallest absolute Gasteiger partial charge is 0.303 e. The Morgan fingerprint density at radius 1 is 1.17 bits per heavy atom. The first-order valence-corrected chi connectivity index (χ1v) is 5.95. The van der Waals surface area contributed by atoms with Crippen LogP contribution in [0.3, 0.4) is 0 Å². The van der Waals surface area contributed by atoms with Crippen molar-refractivity contribution in [2.45, 2.75) is 6.54 Å². The standard InChI is InChI=1S/C12H10Cl2N2O2/c1-15-5-4-11(17)16(12(15)18)7-8-6-9(13)2-3-10(8)14/h2-6H,7H2,1H3. The molecule has 0 aliphatic heterocycles. The van der Waals surface area contributed by atoms with Crippen LogP contribution in [-0.4, -0.2) is 9.13 Å². The van der Waals surface area contributed by atoms with Crippen LogP contribution in [0, 0.1) is 0 Å². The van der Waals surface area contributed by atoms with E-state index in [2.05, 4.69) is 0 Å². The molecule has 1 heterocycles. The zero-order valence-electron chi connectivity index (χ0n) is 9.56. The fourth-order valence-corrected chi connectivity index (χ4v) is 1.97. The summed E-state index contributed by atoms with van der Waals surface area (Å²) in [7, 11) is 1.58. The maximum absolute atomic E-state index is 11.8. The molecule has 1 aromatic heterocycles. The average Bonchev–Trinajstić information content (AvgIpc) is 2.34. The van der Waals surface area contributed by atoms with Gasteiger partial charge in [0.1, 0.15) is 0 Å². The second-order valence-corrected chi connectivity index (χ2v) is 4.71. The molecule has 0 bridgehead atoms. The van der Waals surface area contributed by atoms with Gasteiger partial charge in [-0.05, 0) is 23.8 Å². The second kappa shape index (κ2) is 5.00. The molecule has 0 saturated heterocycles. The van der Waals surface area contributed by atoms with Crippen molar-refractivity contribution in [3.05, 3.63) is 66.9 Å². The van der Waals surface area contributed by atoms with Gasteiger partial charge in [0.2, 0.25) is 0 Å². The molecule has 0 amide bonds.